The predicted molar refractivity (Wildman–Crippen MR) is 52.4 cm³/mol. The molecule has 0 saturated heterocycles. The Bertz CT molecular complexity index is 295. The van der Waals surface area contributed by atoms with E-state index in [1.807, 2.05) is 0 Å². The number of nitrogens with zero attached hydrogens (tertiary/aromatic N) is 4. The average Bonchev–Trinajstić information content (AvgIpc) is 2.51. The van der Waals surface area contributed by atoms with Gasteiger partial charge in [-0.1, -0.05) is 6.42 Å². The van der Waals surface area contributed by atoms with Gasteiger partial charge in [-0.15, -0.1) is 10.2 Å². The van der Waals surface area contributed by atoms with Gasteiger partial charge >= 0.3 is 0 Å². The maximum atomic E-state index is 5.92. The first-order chi connectivity index (χ1) is 6.74. The zero-order chi connectivity index (χ0) is 9.97. The summed E-state index contributed by atoms with van der Waals surface area (Å²) in [6, 6.07) is 0.380. The van der Waals surface area contributed by atoms with Crippen LogP contribution < -0.4 is 5.73 Å². The van der Waals surface area contributed by atoms with Crippen LogP contribution >= 0.6 is 0 Å². The molecule has 1 aromatic heterocycles. The van der Waals surface area contributed by atoms with Crippen LogP contribution in [0.15, 0.2) is 0 Å². The molecule has 1 saturated carbocycles. The van der Waals surface area contributed by atoms with Crippen molar-refractivity contribution in [2.45, 2.75) is 38.1 Å². The Morgan fingerprint density at radius 3 is 3.00 bits per heavy atom. The first-order valence-corrected chi connectivity index (χ1v) is 5.22. The Morgan fingerprint density at radius 2 is 2.36 bits per heavy atom. The second-order valence-electron chi connectivity index (χ2n) is 4.19. The molecule has 1 fully saturated rings. The molecule has 2 rings (SSSR count). The monoisotopic (exact) mass is 195 g/mol. The van der Waals surface area contributed by atoms with E-state index in [0.29, 0.717) is 12.0 Å². The minimum absolute atomic E-state index is 0.380. The third kappa shape index (κ3) is 2.29. The minimum Gasteiger partial charge on any atom is -0.328 e. The number of rotatable bonds is 2. The Hall–Kier alpha value is -0.970. The molecule has 0 aromatic carbocycles. The summed E-state index contributed by atoms with van der Waals surface area (Å²) >= 11 is 0. The molecule has 2 unspecified atom stereocenters. The molecular weight excluding hydrogens is 178 g/mol. The van der Waals surface area contributed by atoms with Crippen molar-refractivity contribution in [1.29, 1.82) is 0 Å². The van der Waals surface area contributed by atoms with Crippen molar-refractivity contribution < 1.29 is 0 Å². The van der Waals surface area contributed by atoms with E-state index in [1.54, 1.807) is 7.05 Å². The Labute approximate surface area is 83.7 Å². The number of hydrogen-bond donors (Lipinski definition) is 1. The molecule has 78 valence electrons. The highest BCUT2D eigenvalue weighted by atomic mass is 15.6. The van der Waals surface area contributed by atoms with Crippen molar-refractivity contribution in [2.75, 3.05) is 0 Å². The first kappa shape index (κ1) is 9.58. The zero-order valence-electron chi connectivity index (χ0n) is 8.56. The topological polar surface area (TPSA) is 69.6 Å². The maximum Gasteiger partial charge on any atom is 0.175 e. The summed E-state index contributed by atoms with van der Waals surface area (Å²) in [4.78, 5) is 1.51. The number of aryl methyl sites for hydroxylation is 1. The van der Waals surface area contributed by atoms with E-state index in [0.717, 1.165) is 18.7 Å². The fraction of sp³-hybridized carbons (Fsp3) is 0.889. The maximum absolute atomic E-state index is 5.92. The quantitative estimate of drug-likeness (QED) is 0.735. The highest BCUT2D eigenvalue weighted by molar-refractivity contribution is 4.85. The van der Waals surface area contributed by atoms with E-state index in [4.69, 9.17) is 5.73 Å². The minimum atomic E-state index is 0.380. The average molecular weight is 195 g/mol. The van der Waals surface area contributed by atoms with E-state index < -0.39 is 0 Å². The molecule has 0 bridgehead atoms. The molecule has 2 N–H and O–H groups in total. The molecule has 0 amide bonds. The lowest BCUT2D eigenvalue weighted by Gasteiger charge is -2.25. The third-order valence-electron chi connectivity index (χ3n) is 2.84. The molecule has 2 atom stereocenters. The van der Waals surface area contributed by atoms with Crippen molar-refractivity contribution in [2.24, 2.45) is 18.7 Å². The van der Waals surface area contributed by atoms with Crippen LogP contribution in [-0.4, -0.2) is 26.2 Å². The van der Waals surface area contributed by atoms with Gasteiger partial charge < -0.3 is 5.73 Å². The molecule has 0 radical (unpaired) electrons. The predicted octanol–water partition coefficient (Wildman–Crippen LogP) is 0.270. The van der Waals surface area contributed by atoms with Crippen LogP contribution in [0.2, 0.25) is 0 Å². The highest BCUT2D eigenvalue weighted by Crippen LogP contribution is 2.25. The molecular formula is C9H17N5. The molecule has 1 aromatic rings. The summed E-state index contributed by atoms with van der Waals surface area (Å²) < 4.78 is 0. The van der Waals surface area contributed by atoms with Crippen LogP contribution in [0.1, 0.15) is 31.5 Å². The van der Waals surface area contributed by atoms with Gasteiger partial charge in [0.1, 0.15) is 0 Å². The van der Waals surface area contributed by atoms with Gasteiger partial charge in [-0.05, 0) is 30.4 Å². The van der Waals surface area contributed by atoms with Crippen molar-refractivity contribution in [3.8, 4) is 0 Å². The Morgan fingerprint density at radius 1 is 1.50 bits per heavy atom. The molecule has 1 aliphatic carbocycles. The summed E-state index contributed by atoms with van der Waals surface area (Å²) in [5.41, 5.74) is 5.92. The van der Waals surface area contributed by atoms with Gasteiger partial charge in [0, 0.05) is 12.5 Å². The zero-order valence-corrected chi connectivity index (χ0v) is 8.56. The van der Waals surface area contributed by atoms with Crippen molar-refractivity contribution >= 4 is 0 Å². The van der Waals surface area contributed by atoms with Crippen molar-refractivity contribution in [3.05, 3.63) is 5.82 Å². The van der Waals surface area contributed by atoms with E-state index in [-0.39, 0.29) is 0 Å². The SMILES string of the molecule is Cn1nnc(CC2CCCC(N)C2)n1. The third-order valence-corrected chi connectivity index (χ3v) is 2.84. The molecule has 5 heteroatoms. The van der Waals surface area contributed by atoms with Crippen LogP contribution in [0.25, 0.3) is 0 Å². The summed E-state index contributed by atoms with van der Waals surface area (Å²) in [5.74, 6) is 1.51. The van der Waals surface area contributed by atoms with E-state index in [2.05, 4.69) is 15.4 Å². The lowest BCUT2D eigenvalue weighted by Crippen LogP contribution is -2.28. The Balaban J connectivity index is 1.90. The molecule has 1 aliphatic rings. The van der Waals surface area contributed by atoms with Crippen molar-refractivity contribution in [1.82, 2.24) is 20.2 Å². The smallest absolute Gasteiger partial charge is 0.175 e. The van der Waals surface area contributed by atoms with Crippen LogP contribution in [-0.2, 0) is 13.5 Å². The summed E-state index contributed by atoms with van der Waals surface area (Å²) in [5, 5.41) is 12.0. The summed E-state index contributed by atoms with van der Waals surface area (Å²) in [7, 11) is 1.79. The highest BCUT2D eigenvalue weighted by Gasteiger charge is 2.20. The van der Waals surface area contributed by atoms with Gasteiger partial charge in [-0.2, -0.15) is 4.80 Å². The van der Waals surface area contributed by atoms with Gasteiger partial charge in [-0.3, -0.25) is 0 Å². The summed E-state index contributed by atoms with van der Waals surface area (Å²) in [6.07, 6.45) is 5.71. The molecule has 1 heterocycles. The molecule has 0 spiro atoms. The number of nitrogens with two attached hydrogens (primary N) is 1. The van der Waals surface area contributed by atoms with Gasteiger partial charge in [0.15, 0.2) is 5.82 Å². The van der Waals surface area contributed by atoms with E-state index in [9.17, 15) is 0 Å². The first-order valence-electron chi connectivity index (χ1n) is 5.22. The Kier molecular flexibility index (Phi) is 2.77. The second kappa shape index (κ2) is 4.04. The fourth-order valence-electron chi connectivity index (χ4n) is 2.18. The second-order valence-corrected chi connectivity index (χ2v) is 4.19. The van der Waals surface area contributed by atoms with Crippen LogP contribution in [0.5, 0.6) is 0 Å². The molecule has 0 aliphatic heterocycles. The molecule has 14 heavy (non-hydrogen) atoms. The number of tetrazole rings is 1. The normalized spacial score (nSPS) is 27.9. The largest absolute Gasteiger partial charge is 0.328 e. The van der Waals surface area contributed by atoms with Crippen LogP contribution in [0, 0.1) is 5.92 Å². The lowest BCUT2D eigenvalue weighted by atomic mass is 9.84. The van der Waals surface area contributed by atoms with Gasteiger partial charge in [0.2, 0.25) is 0 Å². The number of aromatic nitrogens is 4. The van der Waals surface area contributed by atoms with E-state index >= 15 is 0 Å². The van der Waals surface area contributed by atoms with E-state index in [1.165, 1.54) is 24.1 Å². The lowest BCUT2D eigenvalue weighted by molar-refractivity contribution is 0.316. The summed E-state index contributed by atoms with van der Waals surface area (Å²) in [6.45, 7) is 0. The van der Waals surface area contributed by atoms with Gasteiger partial charge in [-0.25, -0.2) is 0 Å². The number of hydrogen-bond acceptors (Lipinski definition) is 4. The van der Waals surface area contributed by atoms with Gasteiger partial charge in [0.05, 0.1) is 7.05 Å². The molecule has 5 nitrogen and oxygen atoms in total. The standard InChI is InChI=1S/C9H17N5/c1-14-12-9(11-13-14)6-7-3-2-4-8(10)5-7/h7-8H,2-6,10H2,1H3. The fourth-order valence-corrected chi connectivity index (χ4v) is 2.18. The van der Waals surface area contributed by atoms with Crippen LogP contribution in [0.3, 0.4) is 0 Å². The van der Waals surface area contributed by atoms with Crippen LogP contribution in [0.4, 0.5) is 0 Å². The van der Waals surface area contributed by atoms with Crippen molar-refractivity contribution in [3.63, 3.8) is 0 Å². The van der Waals surface area contributed by atoms with Gasteiger partial charge in [0.25, 0.3) is 0 Å².